The molecule has 0 spiro atoms. The molecule has 8 nitrogen and oxygen atoms in total. The number of fused-ring (bicyclic) bond motifs is 1. The maximum atomic E-state index is 13.1. The molecule has 3 aromatic rings. The van der Waals surface area contributed by atoms with Gasteiger partial charge in [-0.05, 0) is 24.3 Å². The molecule has 2 aliphatic heterocycles. The monoisotopic (exact) mass is 397 g/mol. The number of aryl methyl sites for hydroxylation is 1. The van der Waals surface area contributed by atoms with Crippen molar-refractivity contribution in [3.05, 3.63) is 30.2 Å². The van der Waals surface area contributed by atoms with Crippen LogP contribution in [0.3, 0.4) is 0 Å². The van der Waals surface area contributed by atoms with Crippen LogP contribution in [0.1, 0.15) is 12.8 Å². The Bertz CT molecular complexity index is 991. The summed E-state index contributed by atoms with van der Waals surface area (Å²) in [6.07, 6.45) is 7.29. The van der Waals surface area contributed by atoms with E-state index in [9.17, 15) is 4.79 Å². The first kappa shape index (κ1) is 17.6. The molecule has 1 atom stereocenters. The highest BCUT2D eigenvalue weighted by atomic mass is 32.1. The molecule has 0 saturated carbocycles. The molecule has 9 heteroatoms. The molecule has 1 amide bonds. The van der Waals surface area contributed by atoms with Gasteiger partial charge in [-0.2, -0.15) is 5.10 Å². The molecule has 2 saturated heterocycles. The van der Waals surface area contributed by atoms with Gasteiger partial charge >= 0.3 is 0 Å². The number of anilines is 2. The average Bonchev–Trinajstić information content (AvgIpc) is 3.37. The number of thiophene rings is 1. The first-order chi connectivity index (χ1) is 13.7. The lowest BCUT2D eigenvalue weighted by Crippen LogP contribution is -2.58. The highest BCUT2D eigenvalue weighted by Crippen LogP contribution is 2.29. The summed E-state index contributed by atoms with van der Waals surface area (Å²) in [6, 6.07) is 2.06. The lowest BCUT2D eigenvalue weighted by molar-refractivity contribution is -0.125. The van der Waals surface area contributed by atoms with E-state index in [1.54, 1.807) is 28.5 Å². The number of aromatic nitrogens is 4. The van der Waals surface area contributed by atoms with E-state index < -0.39 is 0 Å². The number of carbonyl (C=O) groups is 1. The standard InChI is InChI=1S/C19H23N7OS/c1-23-12-14(11-22-23)26-5-2-3-16(19(26)27)24-6-8-25(9-7-24)17-15-4-10-28-18(15)21-13-20-17/h4,10-13,16H,2-3,5-9H2,1H3/t16-/m0/s1. The third-order valence-electron chi connectivity index (χ3n) is 5.71. The van der Waals surface area contributed by atoms with Crippen molar-refractivity contribution in [2.24, 2.45) is 7.05 Å². The molecular formula is C19H23N7OS. The van der Waals surface area contributed by atoms with Crippen molar-refractivity contribution in [1.29, 1.82) is 0 Å². The fourth-order valence-corrected chi connectivity index (χ4v) is 5.00. The molecule has 28 heavy (non-hydrogen) atoms. The third-order valence-corrected chi connectivity index (χ3v) is 6.53. The van der Waals surface area contributed by atoms with Crippen LogP contribution in [0.4, 0.5) is 11.5 Å². The SMILES string of the molecule is Cn1cc(N2CCC[C@H](N3CCN(c4ncnc5sccc45)CC3)C2=O)cn1. The highest BCUT2D eigenvalue weighted by molar-refractivity contribution is 7.16. The van der Waals surface area contributed by atoms with E-state index in [4.69, 9.17) is 0 Å². The van der Waals surface area contributed by atoms with Gasteiger partial charge in [0.15, 0.2) is 0 Å². The van der Waals surface area contributed by atoms with E-state index >= 15 is 0 Å². The largest absolute Gasteiger partial charge is 0.353 e. The normalized spacial score (nSPS) is 21.6. The van der Waals surface area contributed by atoms with Crippen molar-refractivity contribution < 1.29 is 4.79 Å². The second-order valence-electron chi connectivity index (χ2n) is 7.38. The number of piperidine rings is 1. The van der Waals surface area contributed by atoms with Crippen molar-refractivity contribution >= 4 is 39.0 Å². The van der Waals surface area contributed by atoms with Crippen LogP contribution >= 0.6 is 11.3 Å². The average molecular weight is 398 g/mol. The Balaban J connectivity index is 1.28. The summed E-state index contributed by atoms with van der Waals surface area (Å²) in [6.45, 7) is 4.26. The number of piperazine rings is 1. The van der Waals surface area contributed by atoms with Crippen LogP contribution in [0.2, 0.25) is 0 Å². The van der Waals surface area contributed by atoms with E-state index in [0.29, 0.717) is 0 Å². The minimum atomic E-state index is -0.0392. The van der Waals surface area contributed by atoms with Gasteiger partial charge in [-0.25, -0.2) is 9.97 Å². The van der Waals surface area contributed by atoms with E-state index in [-0.39, 0.29) is 11.9 Å². The first-order valence-corrected chi connectivity index (χ1v) is 10.6. The summed E-state index contributed by atoms with van der Waals surface area (Å²) in [5.41, 5.74) is 0.900. The van der Waals surface area contributed by atoms with Crippen LogP contribution in [0, 0.1) is 0 Å². The lowest BCUT2D eigenvalue weighted by atomic mass is 10.0. The number of nitrogens with zero attached hydrogens (tertiary/aromatic N) is 7. The van der Waals surface area contributed by atoms with Gasteiger partial charge in [0.25, 0.3) is 0 Å². The van der Waals surface area contributed by atoms with Crippen LogP contribution in [0.25, 0.3) is 10.2 Å². The van der Waals surface area contributed by atoms with Crippen molar-refractivity contribution in [1.82, 2.24) is 24.6 Å². The van der Waals surface area contributed by atoms with E-state index in [0.717, 1.165) is 67.3 Å². The topological polar surface area (TPSA) is 70.4 Å². The zero-order chi connectivity index (χ0) is 19.1. The summed E-state index contributed by atoms with van der Waals surface area (Å²) < 4.78 is 1.75. The predicted molar refractivity (Wildman–Crippen MR) is 110 cm³/mol. The van der Waals surface area contributed by atoms with Crippen LogP contribution in [-0.4, -0.2) is 69.3 Å². The lowest BCUT2D eigenvalue weighted by Gasteiger charge is -2.42. The maximum absolute atomic E-state index is 13.1. The minimum absolute atomic E-state index is 0.0392. The quantitative estimate of drug-likeness (QED) is 0.671. The Morgan fingerprint density at radius 3 is 2.79 bits per heavy atom. The van der Waals surface area contributed by atoms with E-state index in [2.05, 4.69) is 36.3 Å². The maximum Gasteiger partial charge on any atom is 0.244 e. The summed E-state index contributed by atoms with van der Waals surface area (Å²) in [5.74, 6) is 1.22. The van der Waals surface area contributed by atoms with Gasteiger partial charge in [-0.3, -0.25) is 14.4 Å². The van der Waals surface area contributed by atoms with Crippen molar-refractivity contribution in [3.8, 4) is 0 Å². The van der Waals surface area contributed by atoms with Crippen LogP contribution < -0.4 is 9.80 Å². The predicted octanol–water partition coefficient (Wildman–Crippen LogP) is 1.74. The van der Waals surface area contributed by atoms with Gasteiger partial charge in [0.1, 0.15) is 17.0 Å². The molecular weight excluding hydrogens is 374 g/mol. The van der Waals surface area contributed by atoms with Crippen LogP contribution in [-0.2, 0) is 11.8 Å². The smallest absolute Gasteiger partial charge is 0.244 e. The van der Waals surface area contributed by atoms with Crippen LogP contribution in [0.5, 0.6) is 0 Å². The van der Waals surface area contributed by atoms with Gasteiger partial charge in [0.2, 0.25) is 5.91 Å². The van der Waals surface area contributed by atoms with Gasteiger partial charge in [0.05, 0.1) is 23.3 Å². The second-order valence-corrected chi connectivity index (χ2v) is 8.27. The van der Waals surface area contributed by atoms with Gasteiger partial charge in [0, 0.05) is 46.0 Å². The molecule has 2 fully saturated rings. The number of amides is 1. The number of rotatable bonds is 3. The minimum Gasteiger partial charge on any atom is -0.353 e. The fourth-order valence-electron chi connectivity index (χ4n) is 4.27. The summed E-state index contributed by atoms with van der Waals surface area (Å²) >= 11 is 1.64. The number of hydrogen-bond donors (Lipinski definition) is 0. The van der Waals surface area contributed by atoms with Gasteiger partial charge in [-0.15, -0.1) is 11.3 Å². The molecule has 5 heterocycles. The molecule has 0 aliphatic carbocycles. The Labute approximate surface area is 167 Å². The Morgan fingerprint density at radius 2 is 2.00 bits per heavy atom. The molecule has 0 radical (unpaired) electrons. The molecule has 3 aromatic heterocycles. The molecule has 146 valence electrons. The highest BCUT2D eigenvalue weighted by Gasteiger charge is 2.36. The first-order valence-electron chi connectivity index (χ1n) is 9.68. The number of hydrogen-bond acceptors (Lipinski definition) is 7. The second kappa shape index (κ2) is 7.14. The Morgan fingerprint density at radius 1 is 1.14 bits per heavy atom. The molecule has 0 aromatic carbocycles. The molecule has 0 N–H and O–H groups in total. The van der Waals surface area contributed by atoms with E-state index in [1.807, 2.05) is 18.1 Å². The molecule has 2 aliphatic rings. The molecule has 0 unspecified atom stereocenters. The molecule has 5 rings (SSSR count). The fraction of sp³-hybridized carbons (Fsp3) is 0.474. The summed E-state index contributed by atoms with van der Waals surface area (Å²) in [4.78, 5) is 29.6. The summed E-state index contributed by atoms with van der Waals surface area (Å²) in [7, 11) is 1.88. The Kier molecular flexibility index (Phi) is 4.48. The zero-order valence-electron chi connectivity index (χ0n) is 15.9. The number of carbonyl (C=O) groups excluding carboxylic acids is 1. The van der Waals surface area contributed by atoms with Gasteiger partial charge < -0.3 is 9.80 Å². The van der Waals surface area contributed by atoms with Crippen molar-refractivity contribution in [2.45, 2.75) is 18.9 Å². The van der Waals surface area contributed by atoms with Crippen LogP contribution in [0.15, 0.2) is 30.2 Å². The summed E-state index contributed by atoms with van der Waals surface area (Å²) in [5, 5.41) is 7.40. The Hall–Kier alpha value is -2.52. The van der Waals surface area contributed by atoms with E-state index in [1.165, 1.54) is 0 Å². The zero-order valence-corrected chi connectivity index (χ0v) is 16.7. The van der Waals surface area contributed by atoms with Crippen molar-refractivity contribution in [2.75, 3.05) is 42.5 Å². The third kappa shape index (κ3) is 3.04. The molecule has 0 bridgehead atoms. The van der Waals surface area contributed by atoms with Gasteiger partial charge in [-0.1, -0.05) is 0 Å². The van der Waals surface area contributed by atoms with Crippen molar-refractivity contribution in [3.63, 3.8) is 0 Å².